The molecular weight excluding hydrogens is 604 g/mol. The van der Waals surface area contributed by atoms with E-state index >= 15 is 0 Å². The molecule has 0 fully saturated rings. The second kappa shape index (κ2) is 41.0. The standard InChI is InChI=1S/C45H70O4/c1-3-5-7-9-11-13-15-17-19-21-23-24-26-28-30-32-34-36-38-40-45(47)49-44(42-46)43-48-41-39-37-35-33-31-29-27-25-22-20-18-16-14-12-10-8-6-4-2/h5-8,11-14,17-20,23-25,27-28,30-31,33,44,46H,3-4,9-10,15-16,21-22,26,29,32,34-43H2,1-2H3/b7-5-,8-6-,13-11-,14-12-,19-17-,20-18-,24-23-,27-25-,30-28-,33-31-. The lowest BCUT2D eigenvalue weighted by Crippen LogP contribution is -2.27. The average molecular weight is 675 g/mol. The highest BCUT2D eigenvalue weighted by Gasteiger charge is 2.13. The van der Waals surface area contributed by atoms with E-state index in [9.17, 15) is 9.90 Å². The fraction of sp³-hybridized carbons (Fsp3) is 0.533. The van der Waals surface area contributed by atoms with E-state index in [1.807, 2.05) is 0 Å². The van der Waals surface area contributed by atoms with Gasteiger partial charge in [-0.05, 0) is 103 Å². The van der Waals surface area contributed by atoms with Gasteiger partial charge >= 0.3 is 5.97 Å². The number of ether oxygens (including phenoxy) is 2. The zero-order chi connectivity index (χ0) is 35.6. The maximum Gasteiger partial charge on any atom is 0.306 e. The molecule has 274 valence electrons. The molecule has 49 heavy (non-hydrogen) atoms. The fourth-order valence-electron chi connectivity index (χ4n) is 4.50. The van der Waals surface area contributed by atoms with Crippen LogP contribution in [0.4, 0.5) is 0 Å². The molecule has 0 saturated heterocycles. The molecule has 0 rings (SSSR count). The van der Waals surface area contributed by atoms with E-state index in [0.717, 1.165) is 109 Å². The van der Waals surface area contributed by atoms with Crippen LogP contribution in [-0.2, 0) is 14.3 Å². The maximum atomic E-state index is 12.2. The van der Waals surface area contributed by atoms with Gasteiger partial charge in [0.05, 0.1) is 13.2 Å². The Morgan fingerprint density at radius 2 is 0.857 bits per heavy atom. The number of hydrogen-bond acceptors (Lipinski definition) is 4. The quantitative estimate of drug-likeness (QED) is 0.0428. The first-order chi connectivity index (χ1) is 24.2. The van der Waals surface area contributed by atoms with Gasteiger partial charge < -0.3 is 14.6 Å². The van der Waals surface area contributed by atoms with Crippen molar-refractivity contribution in [2.24, 2.45) is 0 Å². The smallest absolute Gasteiger partial charge is 0.306 e. The van der Waals surface area contributed by atoms with Crippen molar-refractivity contribution in [1.82, 2.24) is 0 Å². The van der Waals surface area contributed by atoms with Gasteiger partial charge in [0.15, 0.2) is 0 Å². The number of hydrogen-bond donors (Lipinski definition) is 1. The minimum atomic E-state index is -0.584. The number of aliphatic hydroxyl groups is 1. The summed E-state index contributed by atoms with van der Waals surface area (Å²) < 4.78 is 11.1. The summed E-state index contributed by atoms with van der Waals surface area (Å²) >= 11 is 0. The third-order valence-electron chi connectivity index (χ3n) is 7.28. The number of carbonyl (C=O) groups is 1. The Balaban J connectivity index is 3.67. The van der Waals surface area contributed by atoms with E-state index < -0.39 is 6.10 Å². The lowest BCUT2D eigenvalue weighted by molar-refractivity contribution is -0.154. The molecule has 0 saturated carbocycles. The molecule has 0 aromatic rings. The van der Waals surface area contributed by atoms with E-state index in [2.05, 4.69) is 135 Å². The van der Waals surface area contributed by atoms with E-state index in [4.69, 9.17) is 9.47 Å². The monoisotopic (exact) mass is 675 g/mol. The SMILES string of the molecule is CC/C=C\C/C=C\C/C=C\C/C=C\C/C=C\CCCCCC(=O)OC(CO)COCCCC/C=C\C/C=C\C/C=C\C/C=C\C/C=C\CC. The van der Waals surface area contributed by atoms with Crippen molar-refractivity contribution in [2.75, 3.05) is 19.8 Å². The van der Waals surface area contributed by atoms with E-state index in [1.165, 1.54) is 0 Å². The highest BCUT2D eigenvalue weighted by atomic mass is 16.6. The summed E-state index contributed by atoms with van der Waals surface area (Å²) in [5, 5.41) is 9.57. The number of allylic oxidation sites excluding steroid dienone is 20. The van der Waals surface area contributed by atoms with Crippen LogP contribution in [0.1, 0.15) is 129 Å². The first-order valence-electron chi connectivity index (χ1n) is 19.1. The van der Waals surface area contributed by atoms with E-state index in [1.54, 1.807) is 0 Å². The van der Waals surface area contributed by atoms with Gasteiger partial charge in [0.25, 0.3) is 0 Å². The molecule has 0 aromatic carbocycles. The molecule has 4 nitrogen and oxygen atoms in total. The summed E-state index contributed by atoms with van der Waals surface area (Å²) in [6.45, 7) is 4.95. The van der Waals surface area contributed by atoms with Crippen molar-refractivity contribution in [3.63, 3.8) is 0 Å². The van der Waals surface area contributed by atoms with Crippen LogP contribution in [0, 0.1) is 0 Å². The summed E-state index contributed by atoms with van der Waals surface area (Å²) in [6, 6.07) is 0. The van der Waals surface area contributed by atoms with Gasteiger partial charge in [-0.3, -0.25) is 4.79 Å². The molecule has 0 spiro atoms. The van der Waals surface area contributed by atoms with Gasteiger partial charge in [0.2, 0.25) is 0 Å². The number of rotatable bonds is 33. The molecular formula is C45H70O4. The zero-order valence-corrected chi connectivity index (χ0v) is 31.1. The molecule has 0 radical (unpaired) electrons. The second-order valence-corrected chi connectivity index (χ2v) is 11.9. The second-order valence-electron chi connectivity index (χ2n) is 11.9. The Morgan fingerprint density at radius 3 is 1.24 bits per heavy atom. The summed E-state index contributed by atoms with van der Waals surface area (Å²) in [6.07, 6.45) is 61.0. The molecule has 1 unspecified atom stereocenters. The number of aliphatic hydroxyl groups excluding tert-OH is 1. The molecule has 1 N–H and O–H groups in total. The largest absolute Gasteiger partial charge is 0.457 e. The summed E-state index contributed by atoms with van der Waals surface area (Å²) in [4.78, 5) is 12.2. The van der Waals surface area contributed by atoms with Gasteiger partial charge in [-0.15, -0.1) is 0 Å². The third kappa shape index (κ3) is 39.1. The van der Waals surface area contributed by atoms with Crippen LogP contribution in [0.2, 0.25) is 0 Å². The number of esters is 1. The highest BCUT2D eigenvalue weighted by Crippen LogP contribution is 2.07. The first kappa shape index (κ1) is 45.8. The predicted molar refractivity (Wildman–Crippen MR) is 214 cm³/mol. The van der Waals surface area contributed by atoms with Crippen LogP contribution in [0.3, 0.4) is 0 Å². The Hall–Kier alpha value is -3.21. The minimum Gasteiger partial charge on any atom is -0.457 e. The molecule has 1 atom stereocenters. The van der Waals surface area contributed by atoms with E-state index in [-0.39, 0.29) is 19.2 Å². The Kier molecular flexibility index (Phi) is 38.3. The number of carbonyl (C=O) groups excluding carboxylic acids is 1. The molecule has 0 amide bonds. The summed E-state index contributed by atoms with van der Waals surface area (Å²) in [5.41, 5.74) is 0. The summed E-state index contributed by atoms with van der Waals surface area (Å²) in [7, 11) is 0. The Bertz CT molecular complexity index is 1020. The van der Waals surface area contributed by atoms with Gasteiger partial charge in [0.1, 0.15) is 6.10 Å². The van der Waals surface area contributed by atoms with Gasteiger partial charge in [-0.1, -0.05) is 142 Å². The van der Waals surface area contributed by atoms with Crippen molar-refractivity contribution < 1.29 is 19.4 Å². The van der Waals surface area contributed by atoms with Gasteiger partial charge in [-0.2, -0.15) is 0 Å². The van der Waals surface area contributed by atoms with Crippen molar-refractivity contribution in [3.05, 3.63) is 122 Å². The Morgan fingerprint density at radius 1 is 0.490 bits per heavy atom. The van der Waals surface area contributed by atoms with Crippen molar-refractivity contribution in [1.29, 1.82) is 0 Å². The van der Waals surface area contributed by atoms with Crippen molar-refractivity contribution in [2.45, 2.75) is 136 Å². The maximum absolute atomic E-state index is 12.2. The normalized spacial score (nSPS) is 13.8. The van der Waals surface area contributed by atoms with Crippen LogP contribution in [0.5, 0.6) is 0 Å². The molecule has 0 aliphatic carbocycles. The van der Waals surface area contributed by atoms with Gasteiger partial charge in [0, 0.05) is 13.0 Å². The van der Waals surface area contributed by atoms with E-state index in [0.29, 0.717) is 13.0 Å². The van der Waals surface area contributed by atoms with Crippen LogP contribution in [-0.4, -0.2) is 37.0 Å². The van der Waals surface area contributed by atoms with Crippen molar-refractivity contribution >= 4 is 5.97 Å². The van der Waals surface area contributed by atoms with Crippen LogP contribution >= 0.6 is 0 Å². The zero-order valence-electron chi connectivity index (χ0n) is 31.1. The lowest BCUT2D eigenvalue weighted by atomic mass is 10.1. The number of unbranched alkanes of at least 4 members (excludes halogenated alkanes) is 5. The fourth-order valence-corrected chi connectivity index (χ4v) is 4.50. The summed E-state index contributed by atoms with van der Waals surface area (Å²) in [5.74, 6) is -0.254. The molecule has 0 aliphatic rings. The average Bonchev–Trinajstić information content (AvgIpc) is 3.11. The first-order valence-corrected chi connectivity index (χ1v) is 19.1. The predicted octanol–water partition coefficient (Wildman–Crippen LogP) is 12.5. The van der Waals surface area contributed by atoms with Crippen LogP contribution in [0.15, 0.2) is 122 Å². The van der Waals surface area contributed by atoms with Crippen molar-refractivity contribution in [3.8, 4) is 0 Å². The topological polar surface area (TPSA) is 55.8 Å². The third-order valence-corrected chi connectivity index (χ3v) is 7.28. The Labute approximate surface area is 301 Å². The lowest BCUT2D eigenvalue weighted by Gasteiger charge is -2.15. The van der Waals surface area contributed by atoms with Crippen LogP contribution < -0.4 is 0 Å². The molecule has 0 aliphatic heterocycles. The van der Waals surface area contributed by atoms with Gasteiger partial charge in [-0.25, -0.2) is 0 Å². The molecule has 0 heterocycles. The minimum absolute atomic E-state index is 0.212. The molecule has 0 bridgehead atoms. The molecule has 0 aromatic heterocycles. The van der Waals surface area contributed by atoms with Crippen LogP contribution in [0.25, 0.3) is 0 Å². The highest BCUT2D eigenvalue weighted by molar-refractivity contribution is 5.69. The molecule has 4 heteroatoms.